The van der Waals surface area contributed by atoms with Gasteiger partial charge in [0.1, 0.15) is 11.2 Å². The molecule has 7 nitrogen and oxygen atoms in total. The maximum absolute atomic E-state index is 12.5. The van der Waals surface area contributed by atoms with Gasteiger partial charge in [-0.3, -0.25) is 9.59 Å². The number of amides is 1. The second-order valence-corrected chi connectivity index (χ2v) is 13.2. The zero-order valence-electron chi connectivity index (χ0n) is 19.6. The summed E-state index contributed by atoms with van der Waals surface area (Å²) in [6.45, 7) is 10.6. The molecule has 33 heavy (non-hydrogen) atoms. The summed E-state index contributed by atoms with van der Waals surface area (Å²) in [6, 6.07) is 3.86. The minimum atomic E-state index is -0.679. The maximum atomic E-state index is 12.5. The van der Waals surface area contributed by atoms with E-state index in [-0.39, 0.29) is 24.9 Å². The van der Waals surface area contributed by atoms with E-state index in [0.29, 0.717) is 18.8 Å². The Labute approximate surface area is 236 Å². The lowest BCUT2D eigenvalue weighted by atomic mass is 9.83. The Hall–Kier alpha value is -0.220. The normalized spacial score (nSPS) is 19.0. The summed E-state index contributed by atoms with van der Waals surface area (Å²) in [4.78, 5) is 37.8. The highest BCUT2D eigenvalue weighted by Gasteiger charge is 2.40. The number of halogens is 3. The molecule has 1 aromatic rings. The molecular formula is C23H31I3NO6+. The third-order valence-electron chi connectivity index (χ3n) is 5.35. The van der Waals surface area contributed by atoms with Crippen molar-refractivity contribution < 1.29 is 33.5 Å². The largest absolute Gasteiger partial charge is 0.514 e. The number of carbonyl (C=O) groups is 3. The lowest BCUT2D eigenvalue weighted by molar-refractivity contribution is -0.832. The molecule has 1 amide bonds. The highest BCUT2D eigenvalue weighted by molar-refractivity contribution is 14.1. The Morgan fingerprint density at radius 3 is 1.94 bits per heavy atom. The Bertz CT molecular complexity index is 866. The Balaban J connectivity index is 1.81. The molecule has 1 N–H and O–H groups in total. The van der Waals surface area contributed by atoms with Crippen molar-refractivity contribution in [3.05, 3.63) is 22.8 Å². The lowest BCUT2D eigenvalue weighted by Gasteiger charge is -2.37. The molecule has 0 atom stereocenters. The highest BCUT2D eigenvalue weighted by atomic mass is 127. The van der Waals surface area contributed by atoms with E-state index in [2.05, 4.69) is 67.8 Å². The van der Waals surface area contributed by atoms with Crippen molar-refractivity contribution in [1.82, 2.24) is 0 Å². The zero-order chi connectivity index (χ0) is 25.0. The van der Waals surface area contributed by atoms with Crippen molar-refractivity contribution >= 4 is 85.8 Å². The predicted octanol–water partition coefficient (Wildman–Crippen LogP) is 4.74. The number of likely N-dealkylation sites (tertiary alicyclic amines) is 1. The molecule has 1 fully saturated rings. The first-order valence-corrected chi connectivity index (χ1v) is 14.1. The van der Waals surface area contributed by atoms with Crippen LogP contribution in [0, 0.1) is 16.6 Å². The van der Waals surface area contributed by atoms with Crippen LogP contribution in [0.5, 0.6) is 5.75 Å². The second kappa shape index (κ2) is 12.2. The van der Waals surface area contributed by atoms with E-state index in [4.69, 9.17) is 14.2 Å². The number of piperidine rings is 1. The molecule has 184 valence electrons. The zero-order valence-corrected chi connectivity index (χ0v) is 26.0. The first-order chi connectivity index (χ1) is 15.2. The average Bonchev–Trinajstić information content (AvgIpc) is 2.67. The monoisotopic (exact) mass is 798 g/mol. The van der Waals surface area contributed by atoms with Crippen molar-refractivity contribution in [1.29, 1.82) is 0 Å². The van der Waals surface area contributed by atoms with Gasteiger partial charge in [0.05, 0.1) is 33.1 Å². The van der Waals surface area contributed by atoms with Crippen LogP contribution in [0.2, 0.25) is 0 Å². The number of rotatable bonds is 6. The van der Waals surface area contributed by atoms with Crippen molar-refractivity contribution in [2.24, 2.45) is 5.92 Å². The molecule has 0 bridgehead atoms. The standard InChI is InChI=1S/C23H30I3NO6/c1-22(2,3)33-21(30)27-10-8-14(9-11-27)23(4,5)32-19(29)7-6-18(28)31-20-16(25)12-15(24)13-17(20)26/h12-14H,6-11H2,1-5H3/p+1. The fraction of sp³-hybridized carbons (Fsp3) is 0.609. The number of esters is 2. The van der Waals surface area contributed by atoms with Gasteiger partial charge in [-0.05, 0) is 115 Å². The van der Waals surface area contributed by atoms with Crippen molar-refractivity contribution in [2.45, 2.75) is 71.5 Å². The van der Waals surface area contributed by atoms with Gasteiger partial charge in [0.2, 0.25) is 0 Å². The van der Waals surface area contributed by atoms with Crippen LogP contribution in [0.3, 0.4) is 0 Å². The topological polar surface area (TPSA) is 83.3 Å². The molecule has 1 saturated heterocycles. The molecule has 0 aromatic heterocycles. The number of alkyl carbamates (subject to hydrolysis) is 2. The number of carbonyl (C=O) groups excluding carboxylic acids is 3. The summed E-state index contributed by atoms with van der Waals surface area (Å²) in [5, 5.41) is 0. The number of ether oxygens (including phenoxy) is 3. The summed E-state index contributed by atoms with van der Waals surface area (Å²) in [6.07, 6.45) is 1.18. The minimum Gasteiger partial charge on any atom is -0.459 e. The summed E-state index contributed by atoms with van der Waals surface area (Å²) < 4.78 is 19.5. The second-order valence-electron chi connectivity index (χ2n) is 9.63. The fourth-order valence-corrected chi connectivity index (χ4v) is 7.44. The van der Waals surface area contributed by atoms with Crippen LogP contribution in [0.15, 0.2) is 12.1 Å². The van der Waals surface area contributed by atoms with E-state index < -0.39 is 23.1 Å². The summed E-state index contributed by atoms with van der Waals surface area (Å²) in [5.74, 6) is -0.231. The number of quaternary nitrogens is 1. The van der Waals surface area contributed by atoms with Crippen molar-refractivity contribution in [2.75, 3.05) is 13.1 Å². The molecule has 2 rings (SSSR count). The quantitative estimate of drug-likeness (QED) is 0.255. The van der Waals surface area contributed by atoms with E-state index >= 15 is 0 Å². The van der Waals surface area contributed by atoms with Crippen LogP contribution in [0.4, 0.5) is 4.79 Å². The smallest absolute Gasteiger partial charge is 0.459 e. The highest BCUT2D eigenvalue weighted by Crippen LogP contribution is 2.31. The van der Waals surface area contributed by atoms with Gasteiger partial charge in [-0.25, -0.2) is 4.90 Å². The van der Waals surface area contributed by atoms with Crippen LogP contribution >= 0.6 is 67.8 Å². The van der Waals surface area contributed by atoms with E-state index in [9.17, 15) is 14.4 Å². The molecule has 1 aliphatic rings. The van der Waals surface area contributed by atoms with Gasteiger partial charge in [-0.2, -0.15) is 4.79 Å². The number of hydrogen-bond acceptors (Lipinski definition) is 6. The summed E-state index contributed by atoms with van der Waals surface area (Å²) in [5.41, 5.74) is -1.19. The van der Waals surface area contributed by atoms with Crippen molar-refractivity contribution in [3.63, 3.8) is 0 Å². The number of benzene rings is 1. The van der Waals surface area contributed by atoms with Crippen molar-refractivity contribution in [3.8, 4) is 5.75 Å². The van der Waals surface area contributed by atoms with Gasteiger partial charge in [-0.1, -0.05) is 0 Å². The molecule has 0 unspecified atom stereocenters. The van der Waals surface area contributed by atoms with E-state index in [0.717, 1.165) is 28.5 Å². The van der Waals surface area contributed by atoms with Crippen LogP contribution in [0.25, 0.3) is 0 Å². The summed E-state index contributed by atoms with van der Waals surface area (Å²) >= 11 is 6.47. The Morgan fingerprint density at radius 1 is 0.909 bits per heavy atom. The van der Waals surface area contributed by atoms with Gasteiger partial charge in [0, 0.05) is 22.3 Å². The molecule has 0 radical (unpaired) electrons. The first kappa shape index (κ1) is 29.0. The van der Waals surface area contributed by atoms with Crippen LogP contribution in [-0.4, -0.2) is 42.3 Å². The molecule has 0 spiro atoms. The van der Waals surface area contributed by atoms with Gasteiger partial charge in [-0.15, -0.1) is 0 Å². The molecule has 1 aromatic carbocycles. The molecule has 1 aliphatic heterocycles. The van der Waals surface area contributed by atoms with E-state index in [1.807, 2.05) is 46.8 Å². The summed E-state index contributed by atoms with van der Waals surface area (Å²) in [7, 11) is 0. The minimum absolute atomic E-state index is 0.0399. The number of hydrogen-bond donors (Lipinski definition) is 1. The van der Waals surface area contributed by atoms with Crippen LogP contribution < -0.4 is 9.64 Å². The third kappa shape index (κ3) is 9.39. The molecule has 0 aliphatic carbocycles. The molecule has 0 saturated carbocycles. The van der Waals surface area contributed by atoms with Gasteiger partial charge < -0.3 is 14.2 Å². The fourth-order valence-electron chi connectivity index (χ4n) is 3.64. The SMILES string of the molecule is CC(C)(C)OC(=O)[NH+]1CCC(C(C)(C)OC(=O)CCC(=O)Oc2c(I)cc(I)cc2I)CC1. The maximum Gasteiger partial charge on any atom is 0.514 e. The lowest BCUT2D eigenvalue weighted by Crippen LogP contribution is -3.16. The number of nitrogens with one attached hydrogen (secondary N) is 1. The Kier molecular flexibility index (Phi) is 10.7. The molecular weight excluding hydrogens is 767 g/mol. The van der Waals surface area contributed by atoms with E-state index in [1.54, 1.807) is 0 Å². The van der Waals surface area contributed by atoms with Crippen LogP contribution in [-0.2, 0) is 19.1 Å². The van der Waals surface area contributed by atoms with Gasteiger partial charge >= 0.3 is 18.0 Å². The average molecular weight is 798 g/mol. The molecule has 10 heteroatoms. The van der Waals surface area contributed by atoms with E-state index in [1.165, 1.54) is 0 Å². The predicted molar refractivity (Wildman–Crippen MR) is 149 cm³/mol. The Morgan fingerprint density at radius 2 is 1.42 bits per heavy atom. The van der Waals surface area contributed by atoms with Gasteiger partial charge in [0.25, 0.3) is 0 Å². The first-order valence-electron chi connectivity index (χ1n) is 10.8. The molecule has 1 heterocycles. The van der Waals surface area contributed by atoms with Crippen LogP contribution in [0.1, 0.15) is 60.3 Å². The van der Waals surface area contributed by atoms with Gasteiger partial charge in [0.15, 0.2) is 5.75 Å². The third-order valence-corrected chi connectivity index (χ3v) is 7.57.